The molecule has 2 aromatic rings. The van der Waals surface area contributed by atoms with Crippen molar-refractivity contribution >= 4 is 27.3 Å². The monoisotopic (exact) mass is 309 g/mol. The minimum Gasteiger partial charge on any atom is -0.380 e. The number of halogens is 1. The van der Waals surface area contributed by atoms with Gasteiger partial charge in [-0.1, -0.05) is 24.3 Å². The lowest BCUT2D eigenvalue weighted by Crippen LogP contribution is -2.24. The third-order valence-corrected chi connectivity index (χ3v) is 5.08. The van der Waals surface area contributed by atoms with Crippen molar-refractivity contribution in [3.05, 3.63) is 56.2 Å². The second-order valence-corrected chi connectivity index (χ2v) is 5.99. The fourth-order valence-electron chi connectivity index (χ4n) is 2.57. The number of fused-ring (bicyclic) bond motifs is 1. The highest BCUT2D eigenvalue weighted by molar-refractivity contribution is 9.10. The third-order valence-electron chi connectivity index (χ3n) is 3.38. The number of thiophene rings is 1. The first kappa shape index (κ1) is 11.4. The zero-order chi connectivity index (χ0) is 12.0. The average molecular weight is 310 g/mol. The van der Waals surface area contributed by atoms with Crippen LogP contribution in [0.3, 0.4) is 0 Å². The Labute approximate surface area is 112 Å². The number of rotatable bonds is 1. The number of hydrogen-bond donors (Lipinski definition) is 2. The lowest BCUT2D eigenvalue weighted by Gasteiger charge is -2.24. The molecule has 0 aliphatic heterocycles. The Kier molecular flexibility index (Phi) is 2.63. The number of benzene rings is 1. The summed E-state index contributed by atoms with van der Waals surface area (Å²) in [5.74, 6) is 0. The van der Waals surface area contributed by atoms with Gasteiger partial charge in [0.05, 0.1) is 0 Å². The molecule has 0 saturated carbocycles. The van der Waals surface area contributed by atoms with Gasteiger partial charge in [0.25, 0.3) is 0 Å². The average Bonchev–Trinajstić information content (AvgIpc) is 2.85. The molecule has 88 valence electrons. The van der Waals surface area contributed by atoms with Crippen LogP contribution in [0.25, 0.3) is 0 Å². The fourth-order valence-corrected chi connectivity index (χ4v) is 4.26. The topological polar surface area (TPSA) is 46.2 Å². The van der Waals surface area contributed by atoms with Crippen LogP contribution >= 0.6 is 27.3 Å². The van der Waals surface area contributed by atoms with Gasteiger partial charge >= 0.3 is 0 Å². The molecule has 2 unspecified atom stereocenters. The molecule has 0 amide bonds. The van der Waals surface area contributed by atoms with E-state index >= 15 is 0 Å². The van der Waals surface area contributed by atoms with Gasteiger partial charge in [0, 0.05) is 27.9 Å². The summed E-state index contributed by atoms with van der Waals surface area (Å²) < 4.78 is 0.953. The largest absolute Gasteiger partial charge is 0.380 e. The van der Waals surface area contributed by atoms with E-state index in [9.17, 15) is 5.11 Å². The van der Waals surface area contributed by atoms with Gasteiger partial charge in [0.1, 0.15) is 5.60 Å². The van der Waals surface area contributed by atoms with E-state index in [1.165, 1.54) is 0 Å². The first-order valence-corrected chi connectivity index (χ1v) is 7.16. The van der Waals surface area contributed by atoms with Gasteiger partial charge in [-0.3, -0.25) is 0 Å². The van der Waals surface area contributed by atoms with Crippen LogP contribution < -0.4 is 5.73 Å². The number of nitrogens with two attached hydrogens (primary N) is 1. The molecule has 0 spiro atoms. The molecule has 2 atom stereocenters. The van der Waals surface area contributed by atoms with Crippen molar-refractivity contribution in [3.63, 3.8) is 0 Å². The highest BCUT2D eigenvalue weighted by Gasteiger charge is 2.43. The van der Waals surface area contributed by atoms with E-state index in [-0.39, 0.29) is 6.04 Å². The van der Waals surface area contributed by atoms with E-state index in [0.29, 0.717) is 6.42 Å². The molecule has 1 heterocycles. The highest BCUT2D eigenvalue weighted by Crippen LogP contribution is 2.48. The Balaban J connectivity index is 2.21. The van der Waals surface area contributed by atoms with Crippen LogP contribution in [-0.2, 0) is 5.60 Å². The van der Waals surface area contributed by atoms with Crippen LogP contribution in [0.4, 0.5) is 0 Å². The normalized spacial score (nSPS) is 27.1. The first-order valence-electron chi connectivity index (χ1n) is 5.42. The molecular formula is C13H12BrNOS. The van der Waals surface area contributed by atoms with E-state index in [1.54, 1.807) is 11.3 Å². The molecule has 0 fully saturated rings. The molecule has 1 aliphatic rings. The van der Waals surface area contributed by atoms with Crippen LogP contribution in [0.15, 0.2) is 39.5 Å². The van der Waals surface area contributed by atoms with E-state index in [1.807, 2.05) is 35.0 Å². The molecule has 17 heavy (non-hydrogen) atoms. The van der Waals surface area contributed by atoms with Gasteiger partial charge < -0.3 is 10.8 Å². The molecule has 0 radical (unpaired) electrons. The molecule has 0 saturated heterocycles. The summed E-state index contributed by atoms with van der Waals surface area (Å²) in [7, 11) is 0. The van der Waals surface area contributed by atoms with E-state index in [2.05, 4.69) is 15.9 Å². The van der Waals surface area contributed by atoms with Crippen LogP contribution in [0.5, 0.6) is 0 Å². The van der Waals surface area contributed by atoms with Gasteiger partial charge in [-0.2, -0.15) is 11.3 Å². The summed E-state index contributed by atoms with van der Waals surface area (Å²) in [5.41, 5.74) is 8.06. The lowest BCUT2D eigenvalue weighted by molar-refractivity contribution is 0.0774. The van der Waals surface area contributed by atoms with Crippen molar-refractivity contribution in [3.8, 4) is 0 Å². The second kappa shape index (κ2) is 3.92. The van der Waals surface area contributed by atoms with Crippen LogP contribution in [0.1, 0.15) is 29.2 Å². The van der Waals surface area contributed by atoms with Crippen molar-refractivity contribution in [1.82, 2.24) is 0 Å². The molecule has 3 N–H and O–H groups in total. The fraction of sp³-hybridized carbons (Fsp3) is 0.231. The van der Waals surface area contributed by atoms with Gasteiger partial charge in [0.2, 0.25) is 0 Å². The lowest BCUT2D eigenvalue weighted by atomic mass is 9.90. The number of aliphatic hydroxyl groups is 1. The summed E-state index contributed by atoms with van der Waals surface area (Å²) in [5, 5.41) is 14.9. The van der Waals surface area contributed by atoms with Crippen LogP contribution in [0.2, 0.25) is 0 Å². The molecule has 0 bridgehead atoms. The Morgan fingerprint density at radius 3 is 2.76 bits per heavy atom. The predicted octanol–water partition coefficient (Wildman–Crippen LogP) is 3.15. The maximum atomic E-state index is 11.0. The smallest absolute Gasteiger partial charge is 0.119 e. The van der Waals surface area contributed by atoms with Gasteiger partial charge in [-0.25, -0.2) is 0 Å². The zero-order valence-electron chi connectivity index (χ0n) is 9.06. The van der Waals surface area contributed by atoms with E-state index in [0.717, 1.165) is 21.2 Å². The SMILES string of the molecule is NC1CC(O)(c2cscc2Br)c2ccccc21. The van der Waals surface area contributed by atoms with E-state index < -0.39 is 5.60 Å². The summed E-state index contributed by atoms with van der Waals surface area (Å²) in [6.45, 7) is 0. The maximum absolute atomic E-state index is 11.0. The molecule has 4 heteroatoms. The van der Waals surface area contributed by atoms with Gasteiger partial charge in [0.15, 0.2) is 0 Å². The van der Waals surface area contributed by atoms with Gasteiger partial charge in [-0.05, 0) is 32.4 Å². The predicted molar refractivity (Wildman–Crippen MR) is 73.0 cm³/mol. The number of hydrogen-bond acceptors (Lipinski definition) is 3. The van der Waals surface area contributed by atoms with Crippen molar-refractivity contribution in [2.24, 2.45) is 5.73 Å². The Bertz CT molecular complexity index is 568. The summed E-state index contributed by atoms with van der Waals surface area (Å²) in [4.78, 5) is 0. The van der Waals surface area contributed by atoms with Crippen LogP contribution in [-0.4, -0.2) is 5.11 Å². The molecule has 2 nitrogen and oxygen atoms in total. The minimum atomic E-state index is -0.950. The molecule has 1 aliphatic carbocycles. The minimum absolute atomic E-state index is 0.0944. The standard InChI is InChI=1S/C13H12BrNOS/c14-11-7-17-6-10(11)13(16)5-12(15)8-3-1-2-4-9(8)13/h1-4,6-7,12,16H,5,15H2. The quantitative estimate of drug-likeness (QED) is 0.850. The summed E-state index contributed by atoms with van der Waals surface area (Å²) in [6, 6.07) is 7.78. The highest BCUT2D eigenvalue weighted by atomic mass is 79.9. The van der Waals surface area contributed by atoms with Crippen molar-refractivity contribution in [1.29, 1.82) is 0 Å². The molecule has 3 rings (SSSR count). The van der Waals surface area contributed by atoms with Crippen molar-refractivity contribution in [2.75, 3.05) is 0 Å². The zero-order valence-corrected chi connectivity index (χ0v) is 11.5. The third kappa shape index (κ3) is 1.59. The Morgan fingerprint density at radius 1 is 1.29 bits per heavy atom. The van der Waals surface area contributed by atoms with Gasteiger partial charge in [-0.15, -0.1) is 0 Å². The summed E-state index contributed by atoms with van der Waals surface area (Å²) in [6.07, 6.45) is 0.543. The molecule has 1 aromatic heterocycles. The van der Waals surface area contributed by atoms with Crippen LogP contribution in [0, 0.1) is 0 Å². The first-order chi connectivity index (χ1) is 8.13. The van der Waals surface area contributed by atoms with E-state index in [4.69, 9.17) is 5.73 Å². The molecular weight excluding hydrogens is 298 g/mol. The second-order valence-electron chi connectivity index (χ2n) is 4.39. The Hall–Kier alpha value is -0.680. The molecule has 1 aromatic carbocycles. The van der Waals surface area contributed by atoms with Crippen molar-refractivity contribution < 1.29 is 5.11 Å². The Morgan fingerprint density at radius 2 is 2.06 bits per heavy atom. The summed E-state index contributed by atoms with van der Waals surface area (Å²) >= 11 is 5.07. The maximum Gasteiger partial charge on any atom is 0.119 e. The van der Waals surface area contributed by atoms with Crippen molar-refractivity contribution in [2.45, 2.75) is 18.1 Å².